The molecule has 0 amide bonds. The Kier molecular flexibility index (Phi) is 2.61. The maximum absolute atomic E-state index is 12.7. The fraction of sp³-hybridized carbons (Fsp3) is 0.200. The zero-order chi connectivity index (χ0) is 12.8. The minimum atomic E-state index is -4.54. The average molecular weight is 264 g/mol. The Bertz CT molecular complexity index is 603. The highest BCUT2D eigenvalue weighted by Crippen LogP contribution is 2.36. The van der Waals surface area contributed by atoms with E-state index in [1.54, 1.807) is 0 Å². The largest absolute Gasteiger partial charge is 0.433 e. The smallest absolute Gasteiger partial charge is 0.417 e. The summed E-state index contributed by atoms with van der Waals surface area (Å²) in [5.74, 6) is -0.356. The molecule has 0 unspecified atom stereocenters. The van der Waals surface area contributed by atoms with Crippen molar-refractivity contribution in [3.63, 3.8) is 0 Å². The molecule has 0 bridgehead atoms. The van der Waals surface area contributed by atoms with Crippen LogP contribution in [0.1, 0.15) is 21.8 Å². The molecule has 2 heterocycles. The van der Waals surface area contributed by atoms with Crippen LogP contribution in [0.2, 0.25) is 0 Å². The van der Waals surface area contributed by atoms with E-state index in [4.69, 9.17) is 16.0 Å². The molecule has 0 N–H and O–H groups in total. The lowest BCUT2D eigenvalue weighted by Crippen LogP contribution is -2.06. The van der Waals surface area contributed by atoms with Gasteiger partial charge >= 0.3 is 6.18 Å². The average Bonchev–Trinajstić information content (AvgIpc) is 2.58. The number of carbonyl (C=O) groups excluding carboxylic acids is 1. The second kappa shape index (κ2) is 3.73. The summed E-state index contributed by atoms with van der Waals surface area (Å²) in [4.78, 5) is 14.6. The number of alkyl halides is 3. The summed E-state index contributed by atoms with van der Waals surface area (Å²) in [6, 6.07) is 1.83. The van der Waals surface area contributed by atoms with Crippen molar-refractivity contribution in [1.82, 2.24) is 4.98 Å². The van der Waals surface area contributed by atoms with Crippen LogP contribution in [-0.2, 0) is 6.18 Å². The second-order valence-corrected chi connectivity index (χ2v) is 3.76. The Morgan fingerprint density at radius 1 is 1.41 bits per heavy atom. The van der Waals surface area contributed by atoms with E-state index in [0.29, 0.717) is 0 Å². The number of hydrogen-bond acceptors (Lipinski definition) is 3. The van der Waals surface area contributed by atoms with Crippen LogP contribution in [0.15, 0.2) is 16.5 Å². The van der Waals surface area contributed by atoms with Crippen molar-refractivity contribution in [2.24, 2.45) is 0 Å². The molecule has 2 rings (SSSR count). The van der Waals surface area contributed by atoms with Gasteiger partial charge < -0.3 is 4.42 Å². The summed E-state index contributed by atoms with van der Waals surface area (Å²) in [6.45, 7) is 1.40. The lowest BCUT2D eigenvalue weighted by atomic mass is 10.1. The molecule has 90 valence electrons. The lowest BCUT2D eigenvalue weighted by Gasteiger charge is -2.07. The molecule has 0 aliphatic carbocycles. The first-order chi connectivity index (χ1) is 7.79. The van der Waals surface area contributed by atoms with Gasteiger partial charge in [0, 0.05) is 5.69 Å². The van der Waals surface area contributed by atoms with E-state index in [2.05, 4.69) is 4.98 Å². The number of furan rings is 1. The van der Waals surface area contributed by atoms with Crippen LogP contribution in [-0.4, -0.2) is 10.2 Å². The number of pyridine rings is 1. The number of carbonyl (C=O) groups is 1. The van der Waals surface area contributed by atoms with Gasteiger partial charge in [-0.15, -0.1) is 0 Å². The van der Waals surface area contributed by atoms with Crippen LogP contribution in [0.4, 0.5) is 13.2 Å². The molecule has 0 aliphatic rings. The molecular formula is C10H5ClF3NO2. The van der Waals surface area contributed by atoms with Crippen LogP contribution in [0, 0.1) is 6.92 Å². The number of aryl methyl sites for hydroxylation is 1. The summed E-state index contributed by atoms with van der Waals surface area (Å²) in [7, 11) is 0. The summed E-state index contributed by atoms with van der Waals surface area (Å²) in [5.41, 5.74) is -0.998. The van der Waals surface area contributed by atoms with Crippen molar-refractivity contribution in [1.29, 1.82) is 0 Å². The third-order valence-electron chi connectivity index (χ3n) is 2.13. The molecule has 0 radical (unpaired) electrons. The van der Waals surface area contributed by atoms with Crippen LogP contribution in [0.25, 0.3) is 11.1 Å². The van der Waals surface area contributed by atoms with Crippen molar-refractivity contribution in [3.05, 3.63) is 29.2 Å². The predicted octanol–water partition coefficient (Wildman–Crippen LogP) is 3.53. The number of rotatable bonds is 1. The van der Waals surface area contributed by atoms with E-state index >= 15 is 0 Å². The van der Waals surface area contributed by atoms with Crippen molar-refractivity contribution in [3.8, 4) is 0 Å². The molecule has 7 heteroatoms. The molecule has 2 aromatic heterocycles. The van der Waals surface area contributed by atoms with Gasteiger partial charge in [0.05, 0.1) is 10.9 Å². The number of hydrogen-bond donors (Lipinski definition) is 0. The molecule has 0 saturated heterocycles. The zero-order valence-electron chi connectivity index (χ0n) is 8.43. The quantitative estimate of drug-likeness (QED) is 0.739. The van der Waals surface area contributed by atoms with Gasteiger partial charge in [-0.25, -0.2) is 4.98 Å². The molecule has 0 atom stereocenters. The van der Waals surface area contributed by atoms with E-state index in [1.165, 1.54) is 6.92 Å². The van der Waals surface area contributed by atoms with Gasteiger partial charge in [0.2, 0.25) is 5.71 Å². The van der Waals surface area contributed by atoms with Gasteiger partial charge in [-0.05, 0) is 30.7 Å². The van der Waals surface area contributed by atoms with Crippen molar-refractivity contribution in [2.75, 3.05) is 0 Å². The first-order valence-corrected chi connectivity index (χ1v) is 4.85. The van der Waals surface area contributed by atoms with Crippen LogP contribution in [0.5, 0.6) is 0 Å². The normalized spacial score (nSPS) is 12.1. The topological polar surface area (TPSA) is 43.1 Å². The molecule has 0 aromatic carbocycles. The predicted molar refractivity (Wildman–Crippen MR) is 53.9 cm³/mol. The number of nitrogens with zero attached hydrogens (tertiary/aromatic N) is 1. The van der Waals surface area contributed by atoms with Gasteiger partial charge in [0.25, 0.3) is 5.24 Å². The van der Waals surface area contributed by atoms with Crippen LogP contribution < -0.4 is 0 Å². The van der Waals surface area contributed by atoms with E-state index < -0.39 is 17.0 Å². The van der Waals surface area contributed by atoms with E-state index in [9.17, 15) is 18.0 Å². The van der Waals surface area contributed by atoms with Gasteiger partial charge in [-0.1, -0.05) is 0 Å². The van der Waals surface area contributed by atoms with Gasteiger partial charge in [-0.3, -0.25) is 4.79 Å². The maximum Gasteiger partial charge on any atom is 0.417 e. The summed E-state index contributed by atoms with van der Waals surface area (Å²) < 4.78 is 43.0. The minimum Gasteiger partial charge on any atom is -0.433 e. The Morgan fingerprint density at radius 3 is 2.59 bits per heavy atom. The first-order valence-electron chi connectivity index (χ1n) is 4.47. The number of aromatic nitrogens is 1. The fourth-order valence-electron chi connectivity index (χ4n) is 1.47. The van der Waals surface area contributed by atoms with E-state index in [1.807, 2.05) is 0 Å². The van der Waals surface area contributed by atoms with Crippen molar-refractivity contribution < 1.29 is 22.4 Å². The standard InChI is InChI=1S/C10H5ClF3NO2/c1-4-2-6(10(12,13)14)5-3-7(8(11)16)17-9(5)15-4/h2-3H,1H3. The summed E-state index contributed by atoms with van der Waals surface area (Å²) in [5, 5.41) is -1.24. The fourth-order valence-corrected chi connectivity index (χ4v) is 1.56. The molecule has 3 nitrogen and oxygen atoms in total. The lowest BCUT2D eigenvalue weighted by molar-refractivity contribution is -0.136. The number of fused-ring (bicyclic) bond motifs is 1. The Morgan fingerprint density at radius 2 is 2.06 bits per heavy atom. The minimum absolute atomic E-state index is 0.146. The Labute approximate surface area is 98.2 Å². The van der Waals surface area contributed by atoms with Crippen molar-refractivity contribution in [2.45, 2.75) is 13.1 Å². The molecule has 0 spiro atoms. The highest BCUT2D eigenvalue weighted by Gasteiger charge is 2.34. The first kappa shape index (κ1) is 11.9. The molecule has 17 heavy (non-hydrogen) atoms. The third-order valence-corrected chi connectivity index (χ3v) is 2.32. The summed E-state index contributed by atoms with van der Waals surface area (Å²) in [6.07, 6.45) is -4.54. The highest BCUT2D eigenvalue weighted by molar-refractivity contribution is 6.67. The Balaban J connectivity index is 2.79. The third kappa shape index (κ3) is 2.12. The van der Waals surface area contributed by atoms with Gasteiger partial charge in [-0.2, -0.15) is 13.2 Å². The van der Waals surface area contributed by atoms with Crippen molar-refractivity contribution >= 4 is 27.9 Å². The highest BCUT2D eigenvalue weighted by atomic mass is 35.5. The molecule has 0 saturated carbocycles. The van der Waals surface area contributed by atoms with Crippen LogP contribution >= 0.6 is 11.6 Å². The molecule has 0 fully saturated rings. The second-order valence-electron chi connectivity index (χ2n) is 3.41. The molecular weight excluding hydrogens is 259 g/mol. The van der Waals surface area contributed by atoms with E-state index in [-0.39, 0.29) is 22.6 Å². The molecule has 0 aliphatic heterocycles. The SMILES string of the molecule is Cc1cc(C(F)(F)F)c2cc(C(=O)Cl)oc2n1. The zero-order valence-corrected chi connectivity index (χ0v) is 9.19. The van der Waals surface area contributed by atoms with E-state index in [0.717, 1.165) is 12.1 Å². The number of halogens is 4. The van der Waals surface area contributed by atoms with Crippen LogP contribution in [0.3, 0.4) is 0 Å². The molecule has 2 aromatic rings. The summed E-state index contributed by atoms with van der Waals surface area (Å²) >= 11 is 5.14. The monoisotopic (exact) mass is 263 g/mol. The van der Waals surface area contributed by atoms with Gasteiger partial charge in [0.1, 0.15) is 0 Å². The Hall–Kier alpha value is -1.56. The maximum atomic E-state index is 12.7. The van der Waals surface area contributed by atoms with Gasteiger partial charge in [0.15, 0.2) is 5.76 Å².